The summed E-state index contributed by atoms with van der Waals surface area (Å²) in [6.07, 6.45) is 5.92. The Kier molecular flexibility index (Phi) is 5.63. The van der Waals surface area contributed by atoms with Gasteiger partial charge >= 0.3 is 0 Å². The first-order valence-electron chi connectivity index (χ1n) is 12.3. The second-order valence-corrected chi connectivity index (χ2v) is 10.3. The van der Waals surface area contributed by atoms with E-state index in [1.807, 2.05) is 0 Å². The smallest absolute Gasteiger partial charge is 0.254 e. The number of carbonyl (C=O) groups excluding carboxylic acids is 1. The van der Waals surface area contributed by atoms with E-state index < -0.39 is 5.60 Å². The molecule has 188 valence electrons. The molecule has 6 rings (SSSR count). The summed E-state index contributed by atoms with van der Waals surface area (Å²) in [6, 6.07) is 8.03. The molecule has 3 fully saturated rings. The van der Waals surface area contributed by atoms with Gasteiger partial charge in [-0.2, -0.15) is 20.0 Å². The van der Waals surface area contributed by atoms with Gasteiger partial charge in [-0.1, -0.05) is 11.6 Å². The highest BCUT2D eigenvalue weighted by Gasteiger charge is 2.50. The van der Waals surface area contributed by atoms with E-state index in [0.29, 0.717) is 72.6 Å². The standard InChI is InChI=1S/C25H24ClN9O2/c26-20-18(15-3-7-34(8-4-15)23(36)25(37)5-6-25)9-14(11-27)10-19(20)31-24-32-21(30-16-1-2-16)22-29-13-17(12-28)35(22)33-24/h9-10,13,15-16,37H,1-8H2,(H2,30,31,32,33). The molecule has 0 bridgehead atoms. The number of anilines is 3. The fourth-order valence-corrected chi connectivity index (χ4v) is 5.08. The molecule has 2 aromatic heterocycles. The molecular formula is C25H24ClN9O2. The lowest BCUT2D eigenvalue weighted by atomic mass is 9.88. The van der Waals surface area contributed by atoms with Crippen molar-refractivity contribution in [3.05, 3.63) is 40.2 Å². The van der Waals surface area contributed by atoms with Crippen LogP contribution in [0.4, 0.5) is 17.5 Å². The molecule has 3 heterocycles. The van der Waals surface area contributed by atoms with Crippen molar-refractivity contribution in [2.24, 2.45) is 0 Å². The third kappa shape index (κ3) is 4.41. The number of rotatable bonds is 6. The van der Waals surface area contributed by atoms with Gasteiger partial charge in [0.25, 0.3) is 5.91 Å². The van der Waals surface area contributed by atoms with E-state index >= 15 is 0 Å². The van der Waals surface area contributed by atoms with Gasteiger partial charge in [0.15, 0.2) is 17.2 Å². The maximum absolute atomic E-state index is 12.5. The minimum absolute atomic E-state index is 0.0496. The average molecular weight is 518 g/mol. The van der Waals surface area contributed by atoms with E-state index in [9.17, 15) is 20.4 Å². The van der Waals surface area contributed by atoms with Crippen molar-refractivity contribution in [3.8, 4) is 12.1 Å². The predicted molar refractivity (Wildman–Crippen MR) is 134 cm³/mol. The first-order valence-corrected chi connectivity index (χ1v) is 12.7. The predicted octanol–water partition coefficient (Wildman–Crippen LogP) is 3.07. The molecule has 11 nitrogen and oxygen atoms in total. The molecule has 0 radical (unpaired) electrons. The fourth-order valence-electron chi connectivity index (χ4n) is 4.77. The molecule has 0 spiro atoms. The molecule has 1 saturated heterocycles. The van der Waals surface area contributed by atoms with Crippen LogP contribution in [0.25, 0.3) is 5.65 Å². The van der Waals surface area contributed by atoms with Crippen molar-refractivity contribution < 1.29 is 9.90 Å². The number of piperidine rings is 1. The van der Waals surface area contributed by atoms with Gasteiger partial charge in [0, 0.05) is 19.1 Å². The van der Waals surface area contributed by atoms with Gasteiger partial charge in [0.1, 0.15) is 11.7 Å². The maximum atomic E-state index is 12.5. The van der Waals surface area contributed by atoms with Gasteiger partial charge in [-0.15, -0.1) is 5.10 Å². The quantitative estimate of drug-likeness (QED) is 0.447. The zero-order valence-electron chi connectivity index (χ0n) is 19.9. The summed E-state index contributed by atoms with van der Waals surface area (Å²) >= 11 is 6.86. The monoisotopic (exact) mass is 517 g/mol. The molecule has 1 aromatic carbocycles. The number of amides is 1. The van der Waals surface area contributed by atoms with Crippen LogP contribution in [0.1, 0.15) is 61.3 Å². The van der Waals surface area contributed by atoms with Gasteiger partial charge in [-0.25, -0.2) is 4.98 Å². The number of likely N-dealkylation sites (tertiary alicyclic amines) is 1. The topological polar surface area (TPSA) is 155 Å². The Morgan fingerprint density at radius 2 is 1.92 bits per heavy atom. The van der Waals surface area contributed by atoms with Crippen LogP contribution >= 0.6 is 11.6 Å². The van der Waals surface area contributed by atoms with Crippen molar-refractivity contribution >= 4 is 40.6 Å². The highest BCUT2D eigenvalue weighted by atomic mass is 35.5. The molecule has 1 amide bonds. The molecule has 3 aromatic rings. The Labute approximate surface area is 217 Å². The van der Waals surface area contributed by atoms with E-state index in [-0.39, 0.29) is 23.5 Å². The van der Waals surface area contributed by atoms with Gasteiger partial charge in [0.2, 0.25) is 5.95 Å². The van der Waals surface area contributed by atoms with Crippen molar-refractivity contribution in [3.63, 3.8) is 0 Å². The number of nitrogens with one attached hydrogen (secondary N) is 2. The molecule has 12 heteroatoms. The summed E-state index contributed by atoms with van der Waals surface area (Å²) in [6.45, 7) is 1.05. The SMILES string of the molecule is N#Cc1cc(Nc2nc(NC3CC3)c3ncc(C#N)n3n2)c(Cl)c(C2CCN(C(=O)C3(O)CC3)CC2)c1. The highest BCUT2D eigenvalue weighted by molar-refractivity contribution is 6.34. The zero-order chi connectivity index (χ0) is 25.7. The molecule has 2 saturated carbocycles. The fraction of sp³-hybridized carbons (Fsp3) is 0.440. The number of nitriles is 2. The van der Waals surface area contributed by atoms with Crippen LogP contribution in [0.2, 0.25) is 5.02 Å². The lowest BCUT2D eigenvalue weighted by molar-refractivity contribution is -0.143. The number of nitrogens with zero attached hydrogens (tertiary/aromatic N) is 7. The first kappa shape index (κ1) is 23.5. The summed E-state index contributed by atoms with van der Waals surface area (Å²) in [7, 11) is 0. The number of halogens is 1. The normalized spacial score (nSPS) is 18.8. The van der Waals surface area contributed by atoms with Gasteiger partial charge < -0.3 is 20.6 Å². The van der Waals surface area contributed by atoms with Crippen LogP contribution in [0.15, 0.2) is 18.3 Å². The minimum atomic E-state index is -1.17. The van der Waals surface area contributed by atoms with E-state index in [1.165, 1.54) is 10.7 Å². The number of aliphatic hydroxyl groups is 1. The number of aromatic nitrogens is 4. The van der Waals surface area contributed by atoms with Crippen molar-refractivity contribution in [1.82, 2.24) is 24.5 Å². The number of hydrogen-bond donors (Lipinski definition) is 3. The molecule has 2 aliphatic carbocycles. The maximum Gasteiger partial charge on any atom is 0.254 e. The summed E-state index contributed by atoms with van der Waals surface area (Å²) in [5.41, 5.74) is 1.30. The van der Waals surface area contributed by atoms with E-state index in [0.717, 1.165) is 18.4 Å². The summed E-state index contributed by atoms with van der Waals surface area (Å²) < 4.78 is 1.43. The number of fused-ring (bicyclic) bond motifs is 1. The van der Waals surface area contributed by atoms with Crippen LogP contribution in [-0.4, -0.2) is 60.2 Å². The molecule has 3 N–H and O–H groups in total. The van der Waals surface area contributed by atoms with E-state index in [2.05, 4.69) is 37.8 Å². The lowest BCUT2D eigenvalue weighted by Crippen LogP contribution is -2.44. The summed E-state index contributed by atoms with van der Waals surface area (Å²) in [5, 5.41) is 40.7. The van der Waals surface area contributed by atoms with Crippen molar-refractivity contribution in [2.45, 2.75) is 56.1 Å². The Morgan fingerprint density at radius 3 is 2.57 bits per heavy atom. The molecule has 0 unspecified atom stereocenters. The van der Waals surface area contributed by atoms with Gasteiger partial charge in [-0.05, 0) is 62.1 Å². The molecular weight excluding hydrogens is 494 g/mol. The van der Waals surface area contributed by atoms with E-state index in [1.54, 1.807) is 17.0 Å². The Balaban J connectivity index is 1.29. The Bertz CT molecular complexity index is 1490. The molecule has 37 heavy (non-hydrogen) atoms. The second-order valence-electron chi connectivity index (χ2n) is 9.96. The van der Waals surface area contributed by atoms with Crippen LogP contribution in [0.3, 0.4) is 0 Å². The van der Waals surface area contributed by atoms with Crippen LogP contribution in [0, 0.1) is 22.7 Å². The van der Waals surface area contributed by atoms with Crippen molar-refractivity contribution in [2.75, 3.05) is 23.7 Å². The highest BCUT2D eigenvalue weighted by Crippen LogP contribution is 2.41. The summed E-state index contributed by atoms with van der Waals surface area (Å²) in [4.78, 5) is 23.1. The van der Waals surface area contributed by atoms with Gasteiger partial charge in [0.05, 0.1) is 28.5 Å². The number of imidazole rings is 1. The minimum Gasteiger partial charge on any atom is -0.380 e. The molecule has 1 aliphatic heterocycles. The zero-order valence-corrected chi connectivity index (χ0v) is 20.7. The second kappa shape index (κ2) is 8.87. The molecule has 0 atom stereocenters. The average Bonchev–Trinajstić information content (AvgIpc) is 3.84. The number of benzene rings is 1. The number of carbonyl (C=O) groups is 1. The largest absolute Gasteiger partial charge is 0.380 e. The number of hydrogen-bond acceptors (Lipinski definition) is 9. The van der Waals surface area contributed by atoms with E-state index in [4.69, 9.17) is 11.6 Å². The lowest BCUT2D eigenvalue weighted by Gasteiger charge is -2.34. The van der Waals surface area contributed by atoms with Crippen LogP contribution in [0.5, 0.6) is 0 Å². The Hall–Kier alpha value is -3.93. The van der Waals surface area contributed by atoms with Crippen molar-refractivity contribution in [1.29, 1.82) is 10.5 Å². The summed E-state index contributed by atoms with van der Waals surface area (Å²) in [5.74, 6) is 0.591. The molecule has 3 aliphatic rings. The van der Waals surface area contributed by atoms with Gasteiger partial charge in [-0.3, -0.25) is 4.79 Å². The first-order chi connectivity index (χ1) is 17.9. The van der Waals surface area contributed by atoms with Crippen LogP contribution in [-0.2, 0) is 4.79 Å². The van der Waals surface area contributed by atoms with Crippen LogP contribution < -0.4 is 10.6 Å². The Morgan fingerprint density at radius 1 is 1.16 bits per heavy atom. The third-order valence-corrected chi connectivity index (χ3v) is 7.64. The third-order valence-electron chi connectivity index (χ3n) is 7.21.